The van der Waals surface area contributed by atoms with Gasteiger partial charge in [-0.25, -0.2) is 0 Å². The SMILES string of the molecule is CC(NC(=O)CSC(c1ccccc1)c1ccc(Cl)cc1)c1ccncc1. The van der Waals surface area contributed by atoms with Gasteiger partial charge in [-0.1, -0.05) is 54.1 Å². The Kier molecular flexibility index (Phi) is 6.91. The average Bonchev–Trinajstić information content (AvgIpc) is 2.71. The zero-order chi connectivity index (χ0) is 19.1. The monoisotopic (exact) mass is 396 g/mol. The van der Waals surface area contributed by atoms with Crippen molar-refractivity contribution in [2.45, 2.75) is 18.2 Å². The van der Waals surface area contributed by atoms with Crippen LogP contribution in [-0.2, 0) is 4.79 Å². The number of nitrogens with one attached hydrogen (secondary N) is 1. The van der Waals surface area contributed by atoms with Crippen LogP contribution < -0.4 is 5.32 Å². The van der Waals surface area contributed by atoms with Crippen molar-refractivity contribution in [1.29, 1.82) is 0 Å². The van der Waals surface area contributed by atoms with Crippen molar-refractivity contribution in [3.63, 3.8) is 0 Å². The summed E-state index contributed by atoms with van der Waals surface area (Å²) in [6.45, 7) is 1.98. The van der Waals surface area contributed by atoms with E-state index in [9.17, 15) is 4.79 Å². The molecule has 3 rings (SSSR count). The van der Waals surface area contributed by atoms with E-state index in [2.05, 4.69) is 22.4 Å². The maximum Gasteiger partial charge on any atom is 0.230 e. The van der Waals surface area contributed by atoms with Crippen molar-refractivity contribution in [1.82, 2.24) is 10.3 Å². The van der Waals surface area contributed by atoms with Crippen LogP contribution in [0.15, 0.2) is 79.1 Å². The molecule has 3 aromatic rings. The number of aromatic nitrogens is 1. The molecule has 0 saturated heterocycles. The van der Waals surface area contributed by atoms with E-state index in [0.717, 1.165) is 11.1 Å². The van der Waals surface area contributed by atoms with Crippen molar-refractivity contribution in [3.05, 3.63) is 101 Å². The van der Waals surface area contributed by atoms with Gasteiger partial charge in [-0.15, -0.1) is 11.8 Å². The van der Waals surface area contributed by atoms with Crippen LogP contribution in [0.25, 0.3) is 0 Å². The maximum absolute atomic E-state index is 12.5. The largest absolute Gasteiger partial charge is 0.349 e. The van der Waals surface area contributed by atoms with Gasteiger partial charge in [0, 0.05) is 17.4 Å². The fraction of sp³-hybridized carbons (Fsp3) is 0.182. The molecule has 0 saturated carbocycles. The summed E-state index contributed by atoms with van der Waals surface area (Å²) < 4.78 is 0. The normalized spacial score (nSPS) is 13.0. The number of amides is 1. The number of pyridine rings is 1. The van der Waals surface area contributed by atoms with Crippen LogP contribution in [-0.4, -0.2) is 16.6 Å². The van der Waals surface area contributed by atoms with Gasteiger partial charge in [0.15, 0.2) is 0 Å². The second-order valence-electron chi connectivity index (χ2n) is 6.22. The predicted octanol–water partition coefficient (Wildman–Crippen LogP) is 5.44. The van der Waals surface area contributed by atoms with Crippen molar-refractivity contribution < 1.29 is 4.79 Å². The zero-order valence-corrected chi connectivity index (χ0v) is 16.6. The van der Waals surface area contributed by atoms with Crippen molar-refractivity contribution in [2.24, 2.45) is 0 Å². The maximum atomic E-state index is 12.5. The van der Waals surface area contributed by atoms with Gasteiger partial charge < -0.3 is 5.32 Å². The molecule has 2 unspecified atom stereocenters. The molecule has 0 radical (unpaired) electrons. The third kappa shape index (κ3) is 5.59. The quantitative estimate of drug-likeness (QED) is 0.578. The second-order valence-corrected chi connectivity index (χ2v) is 7.75. The number of hydrogen-bond acceptors (Lipinski definition) is 3. The average molecular weight is 397 g/mol. The molecular weight excluding hydrogens is 376 g/mol. The Morgan fingerprint density at radius 3 is 2.26 bits per heavy atom. The van der Waals surface area contributed by atoms with Gasteiger partial charge in [0.1, 0.15) is 0 Å². The summed E-state index contributed by atoms with van der Waals surface area (Å²) in [4.78, 5) is 16.5. The van der Waals surface area contributed by atoms with Crippen LogP contribution in [0, 0.1) is 0 Å². The Bertz CT molecular complexity index is 857. The van der Waals surface area contributed by atoms with Gasteiger partial charge in [0.2, 0.25) is 5.91 Å². The van der Waals surface area contributed by atoms with E-state index >= 15 is 0 Å². The lowest BCUT2D eigenvalue weighted by molar-refractivity contribution is -0.119. The topological polar surface area (TPSA) is 42.0 Å². The lowest BCUT2D eigenvalue weighted by atomic mass is 10.0. The molecule has 0 aliphatic carbocycles. The van der Waals surface area contributed by atoms with Crippen LogP contribution >= 0.6 is 23.4 Å². The van der Waals surface area contributed by atoms with Gasteiger partial charge >= 0.3 is 0 Å². The third-order valence-corrected chi connectivity index (χ3v) is 5.80. The lowest BCUT2D eigenvalue weighted by Gasteiger charge is -2.19. The summed E-state index contributed by atoms with van der Waals surface area (Å²) in [5, 5.41) is 3.84. The second kappa shape index (κ2) is 9.58. The molecule has 5 heteroatoms. The Balaban J connectivity index is 1.67. The smallest absolute Gasteiger partial charge is 0.230 e. The van der Waals surface area contributed by atoms with Crippen LogP contribution in [0.4, 0.5) is 0 Å². The van der Waals surface area contributed by atoms with E-state index in [0.29, 0.717) is 10.8 Å². The molecule has 3 nitrogen and oxygen atoms in total. The Labute approximate surface area is 169 Å². The third-order valence-electron chi connectivity index (χ3n) is 4.24. The first-order chi connectivity index (χ1) is 13.1. The number of halogens is 1. The van der Waals surface area contributed by atoms with E-state index in [1.165, 1.54) is 5.56 Å². The summed E-state index contributed by atoms with van der Waals surface area (Å²) in [7, 11) is 0. The molecule has 138 valence electrons. The van der Waals surface area contributed by atoms with E-state index in [4.69, 9.17) is 11.6 Å². The van der Waals surface area contributed by atoms with Gasteiger partial charge in [0.25, 0.3) is 0 Å². The van der Waals surface area contributed by atoms with Gasteiger partial charge in [-0.2, -0.15) is 0 Å². The minimum atomic E-state index is -0.0493. The molecule has 0 aliphatic rings. The molecule has 2 aromatic carbocycles. The van der Waals surface area contributed by atoms with E-state index < -0.39 is 0 Å². The standard InChI is InChI=1S/C22H21ClN2OS/c1-16(17-11-13-24-14-12-17)25-21(26)15-27-22(18-5-3-2-4-6-18)19-7-9-20(23)10-8-19/h2-14,16,22H,15H2,1H3,(H,25,26). The predicted molar refractivity (Wildman–Crippen MR) is 113 cm³/mol. The molecule has 1 amide bonds. The molecule has 0 fully saturated rings. The number of rotatable bonds is 7. The van der Waals surface area contributed by atoms with E-state index in [-0.39, 0.29) is 17.2 Å². The van der Waals surface area contributed by atoms with Crippen LogP contribution in [0.5, 0.6) is 0 Å². The fourth-order valence-corrected chi connectivity index (χ4v) is 4.05. The van der Waals surface area contributed by atoms with Crippen molar-refractivity contribution in [2.75, 3.05) is 5.75 Å². The zero-order valence-electron chi connectivity index (χ0n) is 15.0. The van der Waals surface area contributed by atoms with Crippen LogP contribution in [0.1, 0.15) is 34.9 Å². The van der Waals surface area contributed by atoms with Crippen LogP contribution in [0.2, 0.25) is 5.02 Å². The number of carbonyl (C=O) groups excluding carboxylic acids is 1. The minimum Gasteiger partial charge on any atom is -0.349 e. The summed E-state index contributed by atoms with van der Waals surface area (Å²) in [6, 6.07) is 21.8. The molecule has 0 aliphatic heterocycles. The van der Waals surface area contributed by atoms with Crippen molar-refractivity contribution in [3.8, 4) is 0 Å². The first-order valence-electron chi connectivity index (χ1n) is 8.75. The van der Waals surface area contributed by atoms with Crippen molar-refractivity contribution >= 4 is 29.3 Å². The van der Waals surface area contributed by atoms with Crippen LogP contribution in [0.3, 0.4) is 0 Å². The fourth-order valence-electron chi connectivity index (χ4n) is 2.83. The lowest BCUT2D eigenvalue weighted by Crippen LogP contribution is -2.28. The van der Waals surface area contributed by atoms with Gasteiger partial charge in [0.05, 0.1) is 17.0 Å². The Morgan fingerprint density at radius 1 is 0.963 bits per heavy atom. The first kappa shape index (κ1) is 19.5. The molecular formula is C22H21ClN2OS. The highest BCUT2D eigenvalue weighted by atomic mass is 35.5. The molecule has 0 spiro atoms. The van der Waals surface area contributed by atoms with E-state index in [1.807, 2.05) is 61.5 Å². The number of benzene rings is 2. The van der Waals surface area contributed by atoms with E-state index in [1.54, 1.807) is 24.2 Å². The number of hydrogen-bond donors (Lipinski definition) is 1. The molecule has 27 heavy (non-hydrogen) atoms. The molecule has 0 bridgehead atoms. The minimum absolute atomic E-state index is 0.0132. The number of thioether (sulfide) groups is 1. The highest BCUT2D eigenvalue weighted by Crippen LogP contribution is 2.36. The molecule has 1 N–H and O–H groups in total. The summed E-state index contributed by atoms with van der Waals surface area (Å²) in [5.41, 5.74) is 3.34. The number of nitrogens with zero attached hydrogens (tertiary/aromatic N) is 1. The summed E-state index contributed by atoms with van der Waals surface area (Å²) in [6.07, 6.45) is 3.47. The molecule has 1 aromatic heterocycles. The Hall–Kier alpha value is -2.30. The Morgan fingerprint density at radius 2 is 1.59 bits per heavy atom. The highest BCUT2D eigenvalue weighted by molar-refractivity contribution is 8.00. The number of carbonyl (C=O) groups is 1. The van der Waals surface area contributed by atoms with Gasteiger partial charge in [-0.3, -0.25) is 9.78 Å². The summed E-state index contributed by atoms with van der Waals surface area (Å²) >= 11 is 7.64. The van der Waals surface area contributed by atoms with Gasteiger partial charge in [-0.05, 0) is 47.9 Å². The first-order valence-corrected chi connectivity index (χ1v) is 10.2. The highest BCUT2D eigenvalue weighted by Gasteiger charge is 2.17. The molecule has 2 atom stereocenters. The summed E-state index contributed by atoms with van der Waals surface area (Å²) in [5.74, 6) is 0.386. The molecule has 1 heterocycles.